The molecule has 1 unspecified atom stereocenters. The van der Waals surface area contributed by atoms with E-state index in [0.717, 1.165) is 6.42 Å². The van der Waals surface area contributed by atoms with E-state index < -0.39 is 0 Å². The van der Waals surface area contributed by atoms with Crippen LogP contribution in [0, 0.1) is 0 Å². The smallest absolute Gasteiger partial charge is 0.0442 e. The molecule has 3 N–H and O–H groups in total. The van der Waals surface area contributed by atoms with Crippen LogP contribution in [0.1, 0.15) is 43.4 Å². The Morgan fingerprint density at radius 2 is 2.00 bits per heavy atom. The number of hydrogen-bond acceptors (Lipinski definition) is 4. The summed E-state index contributed by atoms with van der Waals surface area (Å²) in [6.07, 6.45) is 8.91. The lowest BCUT2D eigenvalue weighted by atomic mass is 9.80. The Morgan fingerprint density at radius 1 is 1.32 bits per heavy atom. The van der Waals surface area contributed by atoms with Crippen LogP contribution in [0.15, 0.2) is 17.5 Å². The van der Waals surface area contributed by atoms with Crippen LogP contribution in [0.4, 0.5) is 0 Å². The molecule has 1 atom stereocenters. The minimum atomic E-state index is 0.204. The van der Waals surface area contributed by atoms with E-state index in [9.17, 15) is 0 Å². The lowest BCUT2D eigenvalue weighted by molar-refractivity contribution is 0.0805. The first-order valence-electron chi connectivity index (χ1n) is 7.35. The van der Waals surface area contributed by atoms with E-state index in [2.05, 4.69) is 41.9 Å². The minimum absolute atomic E-state index is 0.204. The molecule has 1 heterocycles. The van der Waals surface area contributed by atoms with E-state index in [-0.39, 0.29) is 5.54 Å². The van der Waals surface area contributed by atoms with Crippen molar-refractivity contribution in [3.63, 3.8) is 0 Å². The molecule has 0 bridgehead atoms. The number of likely N-dealkylation sites (N-methyl/N-ethyl adjacent to an activating group) is 1. The summed E-state index contributed by atoms with van der Waals surface area (Å²) in [4.78, 5) is 3.84. The summed E-state index contributed by atoms with van der Waals surface area (Å²) in [6.45, 7) is 0. The molecule has 2 rings (SSSR count). The van der Waals surface area contributed by atoms with E-state index in [0.29, 0.717) is 6.04 Å². The van der Waals surface area contributed by atoms with Crippen molar-refractivity contribution < 1.29 is 0 Å². The lowest BCUT2D eigenvalue weighted by Crippen LogP contribution is -2.61. The predicted octanol–water partition coefficient (Wildman–Crippen LogP) is 2.78. The van der Waals surface area contributed by atoms with Gasteiger partial charge in [-0.05, 0) is 38.4 Å². The van der Waals surface area contributed by atoms with Gasteiger partial charge in [0.1, 0.15) is 0 Å². The maximum Gasteiger partial charge on any atom is 0.0442 e. The molecule has 108 valence electrons. The topological polar surface area (TPSA) is 41.3 Å². The molecule has 0 amide bonds. The third-order valence-electron chi connectivity index (χ3n) is 4.70. The van der Waals surface area contributed by atoms with E-state index in [4.69, 9.17) is 5.84 Å². The van der Waals surface area contributed by atoms with Crippen LogP contribution in [-0.4, -0.2) is 30.6 Å². The van der Waals surface area contributed by atoms with E-state index >= 15 is 0 Å². The van der Waals surface area contributed by atoms with Crippen molar-refractivity contribution in [3.8, 4) is 0 Å². The molecular formula is C15H27N3S. The highest BCUT2D eigenvalue weighted by Gasteiger charge is 2.40. The molecule has 1 aromatic heterocycles. The van der Waals surface area contributed by atoms with Crippen molar-refractivity contribution in [2.24, 2.45) is 5.84 Å². The van der Waals surface area contributed by atoms with Gasteiger partial charge < -0.3 is 4.90 Å². The third kappa shape index (κ3) is 3.37. The Hall–Kier alpha value is -0.420. The van der Waals surface area contributed by atoms with Crippen LogP contribution in [0.3, 0.4) is 0 Å². The van der Waals surface area contributed by atoms with Crippen LogP contribution in [0.2, 0.25) is 0 Å². The van der Waals surface area contributed by atoms with Gasteiger partial charge in [-0.2, -0.15) is 0 Å². The van der Waals surface area contributed by atoms with Crippen molar-refractivity contribution in [3.05, 3.63) is 22.4 Å². The second-order valence-electron chi connectivity index (χ2n) is 5.91. The molecule has 1 saturated carbocycles. The average molecular weight is 281 g/mol. The zero-order chi connectivity index (χ0) is 13.7. The molecule has 0 saturated heterocycles. The predicted molar refractivity (Wildman–Crippen MR) is 83.3 cm³/mol. The van der Waals surface area contributed by atoms with Crippen molar-refractivity contribution in [2.45, 2.75) is 56.5 Å². The van der Waals surface area contributed by atoms with Crippen LogP contribution in [0.25, 0.3) is 0 Å². The average Bonchev–Trinajstić information content (AvgIpc) is 2.78. The van der Waals surface area contributed by atoms with Gasteiger partial charge in [-0.3, -0.25) is 11.3 Å². The number of hydrogen-bond donors (Lipinski definition) is 2. The maximum atomic E-state index is 5.92. The van der Waals surface area contributed by atoms with Gasteiger partial charge in [-0.1, -0.05) is 31.7 Å². The van der Waals surface area contributed by atoms with Gasteiger partial charge in [0.25, 0.3) is 0 Å². The Kier molecular flexibility index (Phi) is 5.39. The molecular weight excluding hydrogens is 254 g/mol. The number of nitrogens with zero attached hydrogens (tertiary/aromatic N) is 1. The third-order valence-corrected chi connectivity index (χ3v) is 5.59. The highest BCUT2D eigenvalue weighted by molar-refractivity contribution is 7.09. The van der Waals surface area contributed by atoms with Gasteiger partial charge in [-0.15, -0.1) is 11.3 Å². The van der Waals surface area contributed by atoms with Crippen LogP contribution >= 0.6 is 11.3 Å². The summed E-state index contributed by atoms with van der Waals surface area (Å²) in [5.74, 6) is 5.92. The number of nitrogens with one attached hydrogen (secondary N) is 1. The van der Waals surface area contributed by atoms with Gasteiger partial charge in [0, 0.05) is 22.9 Å². The standard InChI is InChI=1S/C15H27N3S/c1-18(2)15(9-5-3-4-6-10-15)14(17-16)12-13-8-7-11-19-13/h7-8,11,14,17H,3-6,9-10,12,16H2,1-2H3. The number of hydrazine groups is 1. The highest BCUT2D eigenvalue weighted by Crippen LogP contribution is 2.35. The molecule has 4 heteroatoms. The molecule has 3 nitrogen and oxygen atoms in total. The maximum absolute atomic E-state index is 5.92. The summed E-state index contributed by atoms with van der Waals surface area (Å²) < 4.78 is 0. The van der Waals surface area contributed by atoms with Gasteiger partial charge in [-0.25, -0.2) is 0 Å². The van der Waals surface area contributed by atoms with Crippen molar-refractivity contribution in [2.75, 3.05) is 14.1 Å². The zero-order valence-electron chi connectivity index (χ0n) is 12.2. The number of nitrogens with two attached hydrogens (primary N) is 1. The molecule has 1 aliphatic rings. The van der Waals surface area contributed by atoms with E-state index in [1.54, 1.807) is 0 Å². The lowest BCUT2D eigenvalue weighted by Gasteiger charge is -2.45. The summed E-state index contributed by atoms with van der Waals surface area (Å²) in [6, 6.07) is 4.68. The summed E-state index contributed by atoms with van der Waals surface area (Å²) in [5, 5.41) is 2.15. The zero-order valence-corrected chi connectivity index (χ0v) is 13.0. The van der Waals surface area contributed by atoms with E-state index in [1.165, 1.54) is 43.4 Å². The summed E-state index contributed by atoms with van der Waals surface area (Å²) in [7, 11) is 4.42. The molecule has 0 aromatic carbocycles. The Labute approximate surface area is 121 Å². The Bertz CT molecular complexity index is 353. The fraction of sp³-hybridized carbons (Fsp3) is 0.733. The van der Waals surface area contributed by atoms with Crippen molar-refractivity contribution in [1.29, 1.82) is 0 Å². The van der Waals surface area contributed by atoms with Crippen LogP contribution < -0.4 is 11.3 Å². The largest absolute Gasteiger partial charge is 0.302 e. The van der Waals surface area contributed by atoms with E-state index in [1.807, 2.05) is 11.3 Å². The van der Waals surface area contributed by atoms with Gasteiger partial charge in [0.05, 0.1) is 0 Å². The SMILES string of the molecule is CN(C)C1(C(Cc2cccs2)NN)CCCCCC1. The van der Waals surface area contributed by atoms with Crippen molar-refractivity contribution >= 4 is 11.3 Å². The minimum Gasteiger partial charge on any atom is -0.302 e. The fourth-order valence-corrected chi connectivity index (χ4v) is 4.23. The second kappa shape index (κ2) is 6.84. The first-order chi connectivity index (χ1) is 9.19. The molecule has 1 aliphatic carbocycles. The number of rotatable bonds is 5. The Balaban J connectivity index is 2.18. The molecule has 19 heavy (non-hydrogen) atoms. The monoisotopic (exact) mass is 281 g/mol. The van der Waals surface area contributed by atoms with Gasteiger partial charge >= 0.3 is 0 Å². The van der Waals surface area contributed by atoms with Crippen molar-refractivity contribution in [1.82, 2.24) is 10.3 Å². The van der Waals surface area contributed by atoms with Gasteiger partial charge in [0.15, 0.2) is 0 Å². The fourth-order valence-electron chi connectivity index (χ4n) is 3.48. The first kappa shape index (κ1) is 15.0. The molecule has 1 fully saturated rings. The molecule has 0 aliphatic heterocycles. The van der Waals surface area contributed by atoms with Crippen LogP contribution in [-0.2, 0) is 6.42 Å². The number of thiophene rings is 1. The quantitative estimate of drug-likeness (QED) is 0.495. The van der Waals surface area contributed by atoms with Crippen LogP contribution in [0.5, 0.6) is 0 Å². The Morgan fingerprint density at radius 3 is 2.47 bits per heavy atom. The summed E-state index contributed by atoms with van der Waals surface area (Å²) >= 11 is 1.83. The van der Waals surface area contributed by atoms with Gasteiger partial charge in [0.2, 0.25) is 0 Å². The summed E-state index contributed by atoms with van der Waals surface area (Å²) in [5.41, 5.74) is 3.33. The highest BCUT2D eigenvalue weighted by atomic mass is 32.1. The normalized spacial score (nSPS) is 21.3. The first-order valence-corrected chi connectivity index (χ1v) is 8.23. The molecule has 1 aromatic rings. The second-order valence-corrected chi connectivity index (χ2v) is 6.95. The molecule has 0 spiro atoms. The molecule has 0 radical (unpaired) electrons.